The molecule has 27 heavy (non-hydrogen) atoms. The Morgan fingerprint density at radius 2 is 1.81 bits per heavy atom. The van der Waals surface area contributed by atoms with E-state index < -0.39 is 37.7 Å². The normalized spacial score (nSPS) is 12.8. The zero-order chi connectivity index (χ0) is 20.4. The number of benzene rings is 1. The van der Waals surface area contributed by atoms with Crippen LogP contribution in [0.1, 0.15) is 10.4 Å². The van der Waals surface area contributed by atoms with Crippen LogP contribution < -0.4 is 5.73 Å². The lowest BCUT2D eigenvalue weighted by atomic mass is 10.2. The predicted octanol–water partition coefficient (Wildman–Crippen LogP) is 0.113. The van der Waals surface area contributed by atoms with E-state index in [1.165, 1.54) is 19.2 Å². The lowest BCUT2D eigenvalue weighted by molar-refractivity contribution is 0.0859. The van der Waals surface area contributed by atoms with Crippen LogP contribution in [0.2, 0.25) is 0 Å². The average molecular weight is 414 g/mol. The van der Waals surface area contributed by atoms with Gasteiger partial charge in [0.1, 0.15) is 0 Å². The molecular weight excluding hydrogens is 396 g/mol. The molecule has 0 spiro atoms. The third-order valence-electron chi connectivity index (χ3n) is 3.53. The minimum Gasteiger partial charge on any atom is -0.369 e. The van der Waals surface area contributed by atoms with Crippen molar-refractivity contribution >= 4 is 31.8 Å². The number of aromatic nitrogens is 1. The molecular formula is C15H18N4O6S2. The highest BCUT2D eigenvalue weighted by Crippen LogP contribution is 2.23. The van der Waals surface area contributed by atoms with E-state index in [1.807, 2.05) is 0 Å². The number of guanidine groups is 1. The monoisotopic (exact) mass is 414 g/mol. The predicted molar refractivity (Wildman–Crippen MR) is 99.0 cm³/mol. The summed E-state index contributed by atoms with van der Waals surface area (Å²) in [5.74, 6) is -2.50. The molecule has 1 aromatic carbocycles. The molecule has 0 fully saturated rings. The summed E-state index contributed by atoms with van der Waals surface area (Å²) < 4.78 is 57.4. The number of amides is 1. The zero-order valence-corrected chi connectivity index (χ0v) is 16.1. The second-order valence-corrected chi connectivity index (χ2v) is 8.98. The maximum absolute atomic E-state index is 12.7. The Labute approximate surface area is 156 Å². The van der Waals surface area contributed by atoms with E-state index in [4.69, 9.17) is 10.3 Å². The molecule has 0 saturated carbocycles. The molecule has 0 aliphatic carbocycles. The van der Waals surface area contributed by atoms with Gasteiger partial charge in [-0.25, -0.2) is 8.42 Å². The van der Waals surface area contributed by atoms with Crippen LogP contribution in [0.15, 0.2) is 52.6 Å². The quantitative estimate of drug-likeness (QED) is 0.400. The Morgan fingerprint density at radius 3 is 2.30 bits per heavy atom. The molecule has 12 heteroatoms. The van der Waals surface area contributed by atoms with E-state index >= 15 is 0 Å². The van der Waals surface area contributed by atoms with Gasteiger partial charge < -0.3 is 10.3 Å². The summed E-state index contributed by atoms with van der Waals surface area (Å²) in [6.07, 6.45) is 4.26. The molecule has 3 N–H and O–H groups in total. The first-order valence-electron chi connectivity index (χ1n) is 7.41. The van der Waals surface area contributed by atoms with Crippen molar-refractivity contribution in [2.24, 2.45) is 10.7 Å². The zero-order valence-electron chi connectivity index (χ0n) is 14.5. The van der Waals surface area contributed by atoms with Gasteiger partial charge in [0.15, 0.2) is 21.7 Å². The summed E-state index contributed by atoms with van der Waals surface area (Å²) in [6, 6.07) is 7.27. The van der Waals surface area contributed by atoms with Gasteiger partial charge in [-0.05, 0) is 30.3 Å². The minimum absolute atomic E-state index is 0.136. The van der Waals surface area contributed by atoms with Crippen LogP contribution >= 0.6 is 0 Å². The molecule has 1 amide bonds. The maximum atomic E-state index is 12.7. The summed E-state index contributed by atoms with van der Waals surface area (Å²) in [6.45, 7) is 0. The first kappa shape index (κ1) is 20.6. The summed E-state index contributed by atoms with van der Waals surface area (Å²) in [5, 5.41) is 0. The van der Waals surface area contributed by atoms with Gasteiger partial charge >= 0.3 is 0 Å². The molecule has 2 aromatic rings. The van der Waals surface area contributed by atoms with E-state index in [9.17, 15) is 21.6 Å². The SMILES string of the molecule is CN=C(N)N(CS(=O)(=O)O)C(=O)c1ccc(-n2cccc2)c(S(C)(=O)=O)c1. The largest absolute Gasteiger partial charge is 0.369 e. The molecule has 1 heterocycles. The lowest BCUT2D eigenvalue weighted by Gasteiger charge is -2.20. The van der Waals surface area contributed by atoms with Crippen LogP contribution in [0.5, 0.6) is 0 Å². The molecule has 0 bridgehead atoms. The van der Waals surface area contributed by atoms with Gasteiger partial charge in [-0.1, -0.05) is 0 Å². The molecule has 0 unspecified atom stereocenters. The number of rotatable bonds is 5. The fourth-order valence-corrected chi connectivity index (χ4v) is 3.79. The number of aliphatic imine (C=N–C) groups is 1. The van der Waals surface area contributed by atoms with E-state index in [2.05, 4.69) is 4.99 Å². The Balaban J connectivity index is 2.59. The number of nitrogens with zero attached hydrogens (tertiary/aromatic N) is 3. The van der Waals surface area contributed by atoms with Crippen molar-refractivity contribution in [3.63, 3.8) is 0 Å². The molecule has 146 valence electrons. The van der Waals surface area contributed by atoms with Crippen molar-refractivity contribution in [3.8, 4) is 5.69 Å². The van der Waals surface area contributed by atoms with Gasteiger partial charge in [0.2, 0.25) is 0 Å². The highest BCUT2D eigenvalue weighted by Gasteiger charge is 2.26. The second-order valence-electron chi connectivity index (χ2n) is 5.57. The van der Waals surface area contributed by atoms with Crippen molar-refractivity contribution in [2.45, 2.75) is 4.90 Å². The summed E-state index contributed by atoms with van der Waals surface area (Å²) in [4.78, 5) is 16.6. The average Bonchev–Trinajstić information content (AvgIpc) is 3.10. The van der Waals surface area contributed by atoms with Crippen LogP contribution in [0.3, 0.4) is 0 Å². The van der Waals surface area contributed by atoms with Crippen LogP contribution in [0.4, 0.5) is 0 Å². The third kappa shape index (κ3) is 4.93. The van der Waals surface area contributed by atoms with Crippen molar-refractivity contribution in [3.05, 3.63) is 48.3 Å². The molecule has 2 rings (SSSR count). The van der Waals surface area contributed by atoms with Gasteiger partial charge in [0, 0.05) is 31.3 Å². The second kappa shape index (κ2) is 7.50. The van der Waals surface area contributed by atoms with Crippen LogP contribution in [-0.2, 0) is 20.0 Å². The van der Waals surface area contributed by atoms with Crippen LogP contribution in [-0.4, -0.2) is 61.9 Å². The fraction of sp³-hybridized carbons (Fsp3) is 0.200. The van der Waals surface area contributed by atoms with Gasteiger partial charge in [0.05, 0.1) is 10.6 Å². The Kier molecular flexibility index (Phi) is 5.73. The van der Waals surface area contributed by atoms with Crippen molar-refractivity contribution in [2.75, 3.05) is 19.2 Å². The molecule has 0 saturated heterocycles. The first-order chi connectivity index (χ1) is 12.4. The van der Waals surface area contributed by atoms with Gasteiger partial charge in [-0.3, -0.25) is 19.2 Å². The fourth-order valence-electron chi connectivity index (χ4n) is 2.32. The van der Waals surface area contributed by atoms with Crippen LogP contribution in [0.25, 0.3) is 5.69 Å². The number of carbonyl (C=O) groups excluding carboxylic acids is 1. The van der Waals surface area contributed by atoms with Gasteiger partial charge in [-0.15, -0.1) is 0 Å². The number of sulfone groups is 1. The minimum atomic E-state index is -4.59. The number of nitrogens with two attached hydrogens (primary N) is 1. The van der Waals surface area contributed by atoms with Crippen LogP contribution in [0, 0.1) is 0 Å². The third-order valence-corrected chi connectivity index (χ3v) is 5.24. The topological polar surface area (TPSA) is 152 Å². The smallest absolute Gasteiger partial charge is 0.283 e. The Bertz CT molecular complexity index is 1090. The number of hydrogen-bond acceptors (Lipinski definition) is 6. The summed E-state index contributed by atoms with van der Waals surface area (Å²) in [5.41, 5.74) is 5.73. The highest BCUT2D eigenvalue weighted by atomic mass is 32.2. The molecule has 0 atom stereocenters. The van der Waals surface area contributed by atoms with Gasteiger partial charge in [-0.2, -0.15) is 8.42 Å². The van der Waals surface area contributed by atoms with E-state index in [-0.39, 0.29) is 10.5 Å². The Hall–Kier alpha value is -2.70. The number of hydrogen-bond donors (Lipinski definition) is 2. The molecule has 0 aliphatic rings. The molecule has 10 nitrogen and oxygen atoms in total. The van der Waals surface area contributed by atoms with Gasteiger partial charge in [0.25, 0.3) is 16.0 Å². The Morgan fingerprint density at radius 1 is 1.22 bits per heavy atom. The molecule has 0 radical (unpaired) electrons. The van der Waals surface area contributed by atoms with Crippen molar-refractivity contribution in [1.82, 2.24) is 9.47 Å². The van der Waals surface area contributed by atoms with Crippen molar-refractivity contribution < 1.29 is 26.2 Å². The molecule has 0 aliphatic heterocycles. The lowest BCUT2D eigenvalue weighted by Crippen LogP contribution is -2.44. The summed E-state index contributed by atoms with van der Waals surface area (Å²) in [7, 11) is -7.08. The summed E-state index contributed by atoms with van der Waals surface area (Å²) >= 11 is 0. The van der Waals surface area contributed by atoms with Crippen molar-refractivity contribution in [1.29, 1.82) is 0 Å². The molecule has 1 aromatic heterocycles. The first-order valence-corrected chi connectivity index (χ1v) is 10.9. The van der Waals surface area contributed by atoms with E-state index in [0.29, 0.717) is 10.6 Å². The highest BCUT2D eigenvalue weighted by molar-refractivity contribution is 7.90. The standard InChI is InChI=1S/C15H18N4O6S2/c1-17-15(16)19(10-27(23,24)25)14(20)11-5-6-12(18-7-3-4-8-18)13(9-11)26(2,21)22/h3-9H,10H2,1-2H3,(H2,16,17)(H,23,24,25). The number of carbonyl (C=O) groups is 1. The van der Waals surface area contributed by atoms with E-state index in [1.54, 1.807) is 29.1 Å². The van der Waals surface area contributed by atoms with E-state index in [0.717, 1.165) is 12.3 Å². The maximum Gasteiger partial charge on any atom is 0.283 e.